The van der Waals surface area contributed by atoms with Crippen LogP contribution in [0.25, 0.3) is 0 Å². The van der Waals surface area contributed by atoms with Crippen LogP contribution in [0.3, 0.4) is 0 Å². The van der Waals surface area contributed by atoms with Gasteiger partial charge in [0.1, 0.15) is 5.60 Å². The Morgan fingerprint density at radius 2 is 1.59 bits per heavy atom. The molecule has 2 rings (SSSR count). The number of amides is 1. The summed E-state index contributed by atoms with van der Waals surface area (Å²) in [5.74, 6) is -1.24. The van der Waals surface area contributed by atoms with Gasteiger partial charge in [0, 0.05) is 37.4 Å². The molecule has 0 bridgehead atoms. The normalized spacial score (nSPS) is 13.4. The second kappa shape index (κ2) is 12.3. The average molecular weight is 429 g/mol. The number of rotatable bonds is 3. The van der Waals surface area contributed by atoms with E-state index in [4.69, 9.17) is 21.4 Å². The number of halogens is 1. The number of carbonyl (C=O) groups is 3. The summed E-state index contributed by atoms with van der Waals surface area (Å²) >= 11 is 6.03. The minimum absolute atomic E-state index is 0.0154. The van der Waals surface area contributed by atoms with Gasteiger partial charge in [0.15, 0.2) is 6.29 Å². The summed E-state index contributed by atoms with van der Waals surface area (Å²) in [6.45, 7) is 15.4. The summed E-state index contributed by atoms with van der Waals surface area (Å²) in [4.78, 5) is 38.0. The lowest BCUT2D eigenvalue weighted by molar-refractivity contribution is 0.0240. The Bertz CT molecular complexity index is 693. The lowest BCUT2D eigenvalue weighted by Crippen LogP contribution is -2.50. The average Bonchev–Trinajstić information content (AvgIpc) is 2.68. The first-order valence-corrected chi connectivity index (χ1v) is 10.2. The van der Waals surface area contributed by atoms with E-state index in [-0.39, 0.29) is 22.2 Å². The van der Waals surface area contributed by atoms with Crippen LogP contribution in [0.1, 0.15) is 69.2 Å². The molecule has 1 aromatic carbocycles. The number of aldehydes is 1. The molecule has 1 N–H and O–H groups in total. The Balaban J connectivity index is 0.00000184. The standard InChI is InChI=1S/C17H21ClN2O5.2C2H6/c1-17(2,3)25-16(24)20-6-4-19(5-7-20)12-8-11(10-21)14(15(22)23)13(18)9-12;2*1-2/h8-10H,4-7H2,1-3H3,(H,22,23);2*1-2H3. The van der Waals surface area contributed by atoms with E-state index in [0.29, 0.717) is 38.2 Å². The summed E-state index contributed by atoms with van der Waals surface area (Å²) < 4.78 is 5.35. The SMILES string of the molecule is CC.CC.CC(C)(C)OC(=O)N1CCN(c2cc(Cl)c(C(=O)O)c(C=O)c2)CC1. The zero-order valence-electron chi connectivity index (χ0n) is 18.4. The van der Waals surface area contributed by atoms with Crippen LogP contribution in [0.2, 0.25) is 5.02 Å². The van der Waals surface area contributed by atoms with E-state index in [1.54, 1.807) is 4.90 Å². The van der Waals surface area contributed by atoms with E-state index in [1.807, 2.05) is 53.4 Å². The summed E-state index contributed by atoms with van der Waals surface area (Å²) in [5.41, 5.74) is -0.0638. The van der Waals surface area contributed by atoms with Gasteiger partial charge < -0.3 is 19.6 Å². The third-order valence-corrected chi connectivity index (χ3v) is 4.04. The molecule has 1 heterocycles. The summed E-state index contributed by atoms with van der Waals surface area (Å²) in [5, 5.41) is 9.17. The smallest absolute Gasteiger partial charge is 0.410 e. The zero-order valence-corrected chi connectivity index (χ0v) is 19.2. The van der Waals surface area contributed by atoms with Gasteiger partial charge in [-0.3, -0.25) is 4.79 Å². The molecule has 0 aromatic heterocycles. The molecule has 0 radical (unpaired) electrons. The van der Waals surface area contributed by atoms with Gasteiger partial charge in [-0.2, -0.15) is 0 Å². The quantitative estimate of drug-likeness (QED) is 0.684. The number of piperazine rings is 1. The molecule has 164 valence electrons. The molecule has 8 heteroatoms. The molecule has 0 saturated carbocycles. The van der Waals surface area contributed by atoms with E-state index in [2.05, 4.69) is 0 Å². The molecule has 1 aromatic rings. The number of hydrogen-bond donors (Lipinski definition) is 1. The highest BCUT2D eigenvalue weighted by Crippen LogP contribution is 2.28. The summed E-state index contributed by atoms with van der Waals surface area (Å²) in [7, 11) is 0. The minimum Gasteiger partial charge on any atom is -0.478 e. The number of carbonyl (C=O) groups excluding carboxylic acids is 2. The van der Waals surface area contributed by atoms with E-state index in [9.17, 15) is 14.4 Å². The van der Waals surface area contributed by atoms with Gasteiger partial charge in [-0.05, 0) is 32.9 Å². The lowest BCUT2D eigenvalue weighted by atomic mass is 10.1. The van der Waals surface area contributed by atoms with E-state index >= 15 is 0 Å². The Morgan fingerprint density at radius 1 is 1.07 bits per heavy atom. The van der Waals surface area contributed by atoms with Crippen molar-refractivity contribution in [2.24, 2.45) is 0 Å². The third-order valence-electron chi connectivity index (χ3n) is 3.74. The number of nitrogens with zero attached hydrogens (tertiary/aromatic N) is 2. The number of carboxylic acid groups (broad SMARTS) is 1. The summed E-state index contributed by atoms with van der Waals surface area (Å²) in [6.07, 6.45) is 0.121. The van der Waals surface area contributed by atoms with E-state index in [1.165, 1.54) is 12.1 Å². The van der Waals surface area contributed by atoms with Crippen molar-refractivity contribution in [3.63, 3.8) is 0 Å². The van der Waals surface area contributed by atoms with Crippen LogP contribution >= 0.6 is 11.6 Å². The van der Waals surface area contributed by atoms with Crippen LogP contribution in [0.15, 0.2) is 12.1 Å². The zero-order chi connectivity index (χ0) is 22.8. The Kier molecular flexibility index (Phi) is 11.3. The molecule has 1 fully saturated rings. The summed E-state index contributed by atoms with van der Waals surface area (Å²) in [6, 6.07) is 3.03. The van der Waals surface area contributed by atoms with Crippen LogP contribution < -0.4 is 4.90 Å². The number of aromatic carboxylic acids is 1. The molecule has 1 aliphatic rings. The van der Waals surface area contributed by atoms with E-state index < -0.39 is 11.6 Å². The van der Waals surface area contributed by atoms with Crippen LogP contribution in [0.5, 0.6) is 0 Å². The lowest BCUT2D eigenvalue weighted by Gasteiger charge is -2.37. The molecule has 0 unspecified atom stereocenters. The van der Waals surface area contributed by atoms with Gasteiger partial charge >= 0.3 is 12.1 Å². The molecular weight excluding hydrogens is 396 g/mol. The van der Waals surface area contributed by atoms with Crippen molar-refractivity contribution in [1.29, 1.82) is 0 Å². The highest BCUT2D eigenvalue weighted by atomic mass is 35.5. The van der Waals surface area contributed by atoms with Crippen molar-refractivity contribution in [2.75, 3.05) is 31.1 Å². The van der Waals surface area contributed by atoms with E-state index in [0.717, 1.165) is 0 Å². The fraction of sp³-hybridized carbons (Fsp3) is 0.571. The van der Waals surface area contributed by atoms with Crippen molar-refractivity contribution in [3.05, 3.63) is 28.3 Å². The Hall–Kier alpha value is -2.28. The highest BCUT2D eigenvalue weighted by Gasteiger charge is 2.27. The Morgan fingerprint density at radius 3 is 2.00 bits per heavy atom. The van der Waals surface area contributed by atoms with Gasteiger partial charge in [-0.25, -0.2) is 9.59 Å². The van der Waals surface area contributed by atoms with Crippen molar-refractivity contribution in [1.82, 2.24) is 4.90 Å². The van der Waals surface area contributed by atoms with Gasteiger partial charge in [-0.15, -0.1) is 0 Å². The molecule has 1 aliphatic heterocycles. The molecule has 7 nitrogen and oxygen atoms in total. The third kappa shape index (κ3) is 7.93. The monoisotopic (exact) mass is 428 g/mol. The first-order chi connectivity index (χ1) is 13.6. The predicted octanol–water partition coefficient (Wildman–Crippen LogP) is 4.96. The maximum atomic E-state index is 12.1. The second-order valence-corrected chi connectivity index (χ2v) is 7.18. The van der Waals surface area contributed by atoms with Crippen LogP contribution in [0, 0.1) is 0 Å². The largest absolute Gasteiger partial charge is 0.478 e. The Labute approximate surface area is 178 Å². The second-order valence-electron chi connectivity index (χ2n) is 6.77. The molecule has 0 spiro atoms. The van der Waals surface area contributed by atoms with Crippen molar-refractivity contribution in [3.8, 4) is 0 Å². The molecular formula is C21H33ClN2O5. The number of carboxylic acids is 1. The maximum Gasteiger partial charge on any atom is 0.410 e. The fourth-order valence-corrected chi connectivity index (χ4v) is 2.89. The first kappa shape index (κ1) is 26.7. The molecule has 29 heavy (non-hydrogen) atoms. The van der Waals surface area contributed by atoms with Crippen LogP contribution in [-0.4, -0.2) is 60.1 Å². The molecule has 1 saturated heterocycles. The number of benzene rings is 1. The molecule has 1 amide bonds. The predicted molar refractivity (Wildman–Crippen MR) is 117 cm³/mol. The van der Waals surface area contributed by atoms with Gasteiger partial charge in [0.2, 0.25) is 0 Å². The number of ether oxygens (including phenoxy) is 1. The van der Waals surface area contributed by atoms with Gasteiger partial charge in [0.25, 0.3) is 0 Å². The number of hydrogen-bond acceptors (Lipinski definition) is 5. The topological polar surface area (TPSA) is 87.2 Å². The van der Waals surface area contributed by atoms with Gasteiger partial charge in [-0.1, -0.05) is 39.3 Å². The fourth-order valence-electron chi connectivity index (χ4n) is 2.59. The number of anilines is 1. The van der Waals surface area contributed by atoms with Crippen LogP contribution in [0.4, 0.5) is 10.5 Å². The molecule has 0 atom stereocenters. The van der Waals surface area contributed by atoms with Gasteiger partial charge in [0.05, 0.1) is 10.6 Å². The molecule has 0 aliphatic carbocycles. The minimum atomic E-state index is -1.24. The van der Waals surface area contributed by atoms with Crippen molar-refractivity contribution < 1.29 is 24.2 Å². The highest BCUT2D eigenvalue weighted by molar-refractivity contribution is 6.34. The maximum absolute atomic E-state index is 12.1. The first-order valence-electron chi connectivity index (χ1n) is 9.87. The van der Waals surface area contributed by atoms with Crippen molar-refractivity contribution in [2.45, 2.75) is 54.1 Å². The van der Waals surface area contributed by atoms with Crippen LogP contribution in [-0.2, 0) is 4.74 Å². The van der Waals surface area contributed by atoms with Crippen molar-refractivity contribution >= 4 is 35.6 Å².